The standard InChI is InChI=1S/C11H15Cl2O3P/c12-6-8-15-17(14,16-9-7-13)10-11-4-2-1-3-5-11/h1-5H,6-10H2. The fourth-order valence-electron chi connectivity index (χ4n) is 1.28. The molecule has 0 bridgehead atoms. The quantitative estimate of drug-likeness (QED) is 0.539. The average Bonchev–Trinajstić information content (AvgIpc) is 2.35. The first-order chi connectivity index (χ1) is 8.20. The van der Waals surface area contributed by atoms with Crippen molar-refractivity contribution in [2.45, 2.75) is 6.16 Å². The zero-order chi connectivity index (χ0) is 12.6. The SMILES string of the molecule is O=P(Cc1ccccc1)(OCCCl)OCCCl. The van der Waals surface area contributed by atoms with E-state index in [9.17, 15) is 4.57 Å². The molecule has 0 aliphatic rings. The molecular formula is C11H15Cl2O3P. The Hall–Kier alpha value is -0.0500. The number of halogens is 2. The summed E-state index contributed by atoms with van der Waals surface area (Å²) in [6.07, 6.45) is 0.238. The third-order valence-corrected chi connectivity index (χ3v) is 4.16. The molecule has 17 heavy (non-hydrogen) atoms. The molecule has 0 heterocycles. The summed E-state index contributed by atoms with van der Waals surface area (Å²) in [5.41, 5.74) is 0.903. The predicted octanol–water partition coefficient (Wildman–Crippen LogP) is 3.89. The second kappa shape index (κ2) is 8.12. The van der Waals surface area contributed by atoms with Gasteiger partial charge >= 0.3 is 7.60 Å². The van der Waals surface area contributed by atoms with E-state index in [1.54, 1.807) is 0 Å². The van der Waals surface area contributed by atoms with E-state index in [1.165, 1.54) is 0 Å². The maximum atomic E-state index is 12.3. The van der Waals surface area contributed by atoms with Crippen LogP contribution >= 0.6 is 30.8 Å². The number of benzene rings is 1. The Labute approximate surface area is 112 Å². The summed E-state index contributed by atoms with van der Waals surface area (Å²) in [6, 6.07) is 9.40. The van der Waals surface area contributed by atoms with Crippen molar-refractivity contribution in [1.82, 2.24) is 0 Å². The second-order valence-corrected chi connectivity index (χ2v) is 6.11. The van der Waals surface area contributed by atoms with Crippen molar-refractivity contribution in [2.24, 2.45) is 0 Å². The van der Waals surface area contributed by atoms with E-state index in [1.807, 2.05) is 30.3 Å². The number of hydrogen-bond donors (Lipinski definition) is 0. The molecule has 0 spiro atoms. The Morgan fingerprint density at radius 2 is 1.53 bits per heavy atom. The molecule has 0 aliphatic heterocycles. The highest BCUT2D eigenvalue weighted by atomic mass is 35.5. The molecule has 0 fully saturated rings. The molecular weight excluding hydrogens is 282 g/mol. The highest BCUT2D eigenvalue weighted by Crippen LogP contribution is 2.51. The topological polar surface area (TPSA) is 35.5 Å². The molecule has 0 saturated carbocycles. The molecule has 0 aromatic heterocycles. The molecule has 0 unspecified atom stereocenters. The van der Waals surface area contributed by atoms with Gasteiger partial charge in [0.2, 0.25) is 0 Å². The molecule has 0 radical (unpaired) electrons. The fourth-order valence-corrected chi connectivity index (χ4v) is 3.31. The van der Waals surface area contributed by atoms with Gasteiger partial charge in [-0.3, -0.25) is 4.57 Å². The summed E-state index contributed by atoms with van der Waals surface area (Å²) in [5.74, 6) is 0.562. The molecule has 0 aliphatic carbocycles. The Morgan fingerprint density at radius 1 is 1.00 bits per heavy atom. The van der Waals surface area contributed by atoms with Crippen LogP contribution < -0.4 is 0 Å². The van der Waals surface area contributed by atoms with Crippen molar-refractivity contribution in [1.29, 1.82) is 0 Å². The van der Waals surface area contributed by atoms with E-state index >= 15 is 0 Å². The summed E-state index contributed by atoms with van der Waals surface area (Å²) < 4.78 is 22.8. The van der Waals surface area contributed by atoms with Crippen molar-refractivity contribution < 1.29 is 13.6 Å². The van der Waals surface area contributed by atoms with Crippen LogP contribution in [0.2, 0.25) is 0 Å². The van der Waals surface area contributed by atoms with Gasteiger partial charge in [0.25, 0.3) is 0 Å². The molecule has 6 heteroatoms. The Balaban J connectivity index is 2.65. The molecule has 1 aromatic rings. The Kier molecular flexibility index (Phi) is 7.17. The third kappa shape index (κ3) is 5.89. The van der Waals surface area contributed by atoms with Crippen LogP contribution in [0.15, 0.2) is 30.3 Å². The van der Waals surface area contributed by atoms with Crippen molar-refractivity contribution >= 4 is 30.8 Å². The maximum Gasteiger partial charge on any atom is 0.335 e. The van der Waals surface area contributed by atoms with E-state index in [0.29, 0.717) is 0 Å². The first kappa shape index (κ1) is 15.0. The molecule has 96 valence electrons. The van der Waals surface area contributed by atoms with Crippen molar-refractivity contribution in [2.75, 3.05) is 25.0 Å². The van der Waals surface area contributed by atoms with Gasteiger partial charge in [-0.2, -0.15) is 0 Å². The largest absolute Gasteiger partial charge is 0.335 e. The first-order valence-corrected chi connectivity index (χ1v) is 8.04. The summed E-state index contributed by atoms with van der Waals surface area (Å²) >= 11 is 11.0. The number of hydrogen-bond acceptors (Lipinski definition) is 3. The molecule has 0 amide bonds. The van der Waals surface area contributed by atoms with Gasteiger partial charge in [-0.1, -0.05) is 30.3 Å². The second-order valence-electron chi connectivity index (χ2n) is 3.30. The summed E-state index contributed by atoms with van der Waals surface area (Å²) in [4.78, 5) is 0. The van der Waals surface area contributed by atoms with Crippen LogP contribution in [-0.4, -0.2) is 25.0 Å². The van der Waals surface area contributed by atoms with Crippen LogP contribution in [-0.2, 0) is 19.8 Å². The number of alkyl halides is 2. The molecule has 0 N–H and O–H groups in total. The number of rotatable bonds is 8. The minimum Gasteiger partial charge on any atom is -0.307 e. The summed E-state index contributed by atoms with van der Waals surface area (Å²) in [5, 5.41) is 0. The van der Waals surface area contributed by atoms with Crippen molar-refractivity contribution in [3.63, 3.8) is 0 Å². The van der Waals surface area contributed by atoms with E-state index in [4.69, 9.17) is 32.2 Å². The lowest BCUT2D eigenvalue weighted by Gasteiger charge is -2.17. The lowest BCUT2D eigenvalue weighted by molar-refractivity contribution is 0.221. The molecule has 0 saturated heterocycles. The zero-order valence-electron chi connectivity index (χ0n) is 9.35. The predicted molar refractivity (Wildman–Crippen MR) is 71.1 cm³/mol. The van der Waals surface area contributed by atoms with Gasteiger partial charge in [-0.25, -0.2) is 0 Å². The fraction of sp³-hybridized carbons (Fsp3) is 0.455. The van der Waals surface area contributed by atoms with Crippen LogP contribution in [0.4, 0.5) is 0 Å². The van der Waals surface area contributed by atoms with Crippen molar-refractivity contribution in [3.8, 4) is 0 Å². The van der Waals surface area contributed by atoms with Gasteiger partial charge in [-0.05, 0) is 5.56 Å². The van der Waals surface area contributed by atoms with E-state index in [-0.39, 0.29) is 31.1 Å². The van der Waals surface area contributed by atoms with Crippen molar-refractivity contribution in [3.05, 3.63) is 35.9 Å². The van der Waals surface area contributed by atoms with E-state index in [2.05, 4.69) is 0 Å². The van der Waals surface area contributed by atoms with Gasteiger partial charge in [0.15, 0.2) is 0 Å². The minimum absolute atomic E-state index is 0.202. The highest BCUT2D eigenvalue weighted by molar-refractivity contribution is 7.53. The van der Waals surface area contributed by atoms with Crippen LogP contribution in [0.5, 0.6) is 0 Å². The van der Waals surface area contributed by atoms with Crippen LogP contribution in [0.3, 0.4) is 0 Å². The lowest BCUT2D eigenvalue weighted by atomic mass is 10.2. The van der Waals surface area contributed by atoms with Gasteiger partial charge in [0.05, 0.1) is 19.4 Å². The molecule has 0 atom stereocenters. The highest BCUT2D eigenvalue weighted by Gasteiger charge is 2.24. The van der Waals surface area contributed by atoms with Gasteiger partial charge in [-0.15, -0.1) is 23.2 Å². The van der Waals surface area contributed by atoms with Crippen LogP contribution in [0.25, 0.3) is 0 Å². The average molecular weight is 297 g/mol. The van der Waals surface area contributed by atoms with Gasteiger partial charge in [0, 0.05) is 11.8 Å². The van der Waals surface area contributed by atoms with Gasteiger partial charge < -0.3 is 9.05 Å². The van der Waals surface area contributed by atoms with Crippen LogP contribution in [0.1, 0.15) is 5.56 Å². The first-order valence-electron chi connectivity index (χ1n) is 5.24. The zero-order valence-corrected chi connectivity index (χ0v) is 11.8. The minimum atomic E-state index is -3.14. The Morgan fingerprint density at radius 3 is 2.00 bits per heavy atom. The smallest absolute Gasteiger partial charge is 0.307 e. The monoisotopic (exact) mass is 296 g/mol. The normalized spacial score (nSPS) is 11.6. The third-order valence-electron chi connectivity index (χ3n) is 1.95. The van der Waals surface area contributed by atoms with Gasteiger partial charge in [0.1, 0.15) is 0 Å². The Bertz CT molecular complexity index is 347. The summed E-state index contributed by atoms with van der Waals surface area (Å²) in [7, 11) is -3.14. The summed E-state index contributed by atoms with van der Waals surface area (Å²) in [6.45, 7) is 0.405. The molecule has 1 rings (SSSR count). The van der Waals surface area contributed by atoms with E-state index in [0.717, 1.165) is 5.56 Å². The van der Waals surface area contributed by atoms with Crippen LogP contribution in [0, 0.1) is 0 Å². The van der Waals surface area contributed by atoms with E-state index < -0.39 is 7.60 Å². The maximum absolute atomic E-state index is 12.3. The molecule has 3 nitrogen and oxygen atoms in total. The lowest BCUT2D eigenvalue weighted by Crippen LogP contribution is -2.03. The molecule has 1 aromatic carbocycles.